The fraction of sp³-hybridized carbons (Fsp3) is 0.565. The molecule has 0 spiro atoms. The van der Waals surface area contributed by atoms with Crippen molar-refractivity contribution >= 4 is 35.1 Å². The Labute approximate surface area is 199 Å². The van der Waals surface area contributed by atoms with Gasteiger partial charge in [-0.05, 0) is 31.0 Å². The van der Waals surface area contributed by atoms with Crippen LogP contribution in [0.2, 0.25) is 0 Å². The highest BCUT2D eigenvalue weighted by Gasteiger charge is 2.48. The number of amides is 3. The molecule has 190 valence electrons. The molecule has 1 aromatic rings. The fourth-order valence-electron chi connectivity index (χ4n) is 4.79. The van der Waals surface area contributed by atoms with Gasteiger partial charge in [0.25, 0.3) is 5.91 Å². The minimum atomic E-state index is -4.61. The number of hydrogen-bond donors (Lipinski definition) is 1. The number of carbonyl (C=O) groups excluding carboxylic acids is 4. The monoisotopic (exact) mass is 497 g/mol. The van der Waals surface area contributed by atoms with Crippen LogP contribution in [0.3, 0.4) is 0 Å². The molecule has 3 amide bonds. The topological polar surface area (TPSA) is 105 Å². The molecule has 0 unspecified atom stereocenters. The van der Waals surface area contributed by atoms with Crippen LogP contribution < -0.4 is 10.2 Å². The molecule has 2 saturated heterocycles. The predicted molar refractivity (Wildman–Crippen MR) is 116 cm³/mol. The van der Waals surface area contributed by atoms with Crippen LogP contribution in [0.5, 0.6) is 0 Å². The first kappa shape index (κ1) is 25.0. The second-order valence-corrected chi connectivity index (χ2v) is 8.80. The minimum absolute atomic E-state index is 0.0725. The average molecular weight is 497 g/mol. The number of esters is 1. The van der Waals surface area contributed by atoms with Gasteiger partial charge in [-0.2, -0.15) is 13.2 Å². The highest BCUT2D eigenvalue weighted by molar-refractivity contribution is 6.07. The molecule has 2 atom stereocenters. The zero-order chi connectivity index (χ0) is 25.2. The summed E-state index contributed by atoms with van der Waals surface area (Å²) in [5, 5.41) is 2.38. The predicted octanol–water partition coefficient (Wildman–Crippen LogP) is 2.20. The highest BCUT2D eigenvalue weighted by Crippen LogP contribution is 2.38. The van der Waals surface area contributed by atoms with Crippen LogP contribution in [0.4, 0.5) is 24.5 Å². The van der Waals surface area contributed by atoms with Crippen LogP contribution >= 0.6 is 0 Å². The third-order valence-electron chi connectivity index (χ3n) is 6.53. The minimum Gasteiger partial charge on any atom is -0.454 e. The first-order valence-electron chi connectivity index (χ1n) is 11.5. The summed E-state index contributed by atoms with van der Waals surface area (Å²) in [7, 11) is 0. The lowest BCUT2D eigenvalue weighted by molar-refractivity contribution is -0.154. The van der Waals surface area contributed by atoms with Crippen molar-refractivity contribution < 1.29 is 41.8 Å². The van der Waals surface area contributed by atoms with Gasteiger partial charge in [0.05, 0.1) is 42.0 Å². The van der Waals surface area contributed by atoms with Crippen molar-refractivity contribution in [1.29, 1.82) is 0 Å². The van der Waals surface area contributed by atoms with E-state index in [9.17, 15) is 32.3 Å². The fourth-order valence-corrected chi connectivity index (χ4v) is 4.79. The second kappa shape index (κ2) is 10.2. The zero-order valence-electron chi connectivity index (χ0n) is 18.9. The Morgan fingerprint density at radius 3 is 2.29 bits per heavy atom. The number of anilines is 2. The number of halogens is 3. The van der Waals surface area contributed by atoms with Crippen LogP contribution in [0, 0.1) is 11.8 Å². The van der Waals surface area contributed by atoms with E-state index in [1.165, 1.54) is 6.07 Å². The van der Waals surface area contributed by atoms with Crippen molar-refractivity contribution in [2.75, 3.05) is 49.7 Å². The summed E-state index contributed by atoms with van der Waals surface area (Å²) >= 11 is 0. The third kappa shape index (κ3) is 5.58. The van der Waals surface area contributed by atoms with E-state index < -0.39 is 60.4 Å². The number of benzene rings is 1. The van der Waals surface area contributed by atoms with Crippen LogP contribution in [-0.2, 0) is 34.8 Å². The van der Waals surface area contributed by atoms with Crippen LogP contribution in [-0.4, -0.2) is 68.0 Å². The molecule has 2 aliphatic heterocycles. The number of imide groups is 1. The van der Waals surface area contributed by atoms with Crippen LogP contribution in [0.1, 0.15) is 31.2 Å². The Bertz CT molecular complexity index is 985. The van der Waals surface area contributed by atoms with E-state index in [1.807, 2.05) is 0 Å². The lowest BCUT2D eigenvalue weighted by Crippen LogP contribution is -2.38. The summed E-state index contributed by atoms with van der Waals surface area (Å²) in [6, 6.07) is 3.04. The first-order chi connectivity index (χ1) is 16.6. The van der Waals surface area contributed by atoms with Crippen LogP contribution in [0.15, 0.2) is 18.2 Å². The molecule has 0 aromatic heterocycles. The first-order valence-corrected chi connectivity index (χ1v) is 11.5. The molecular weight excluding hydrogens is 471 g/mol. The van der Waals surface area contributed by atoms with Gasteiger partial charge in [-0.1, -0.05) is 12.8 Å². The smallest absolute Gasteiger partial charge is 0.416 e. The van der Waals surface area contributed by atoms with Gasteiger partial charge in [0.15, 0.2) is 6.61 Å². The number of ether oxygens (including phenoxy) is 2. The Kier molecular flexibility index (Phi) is 7.29. The molecule has 2 heterocycles. The van der Waals surface area contributed by atoms with Gasteiger partial charge in [-0.15, -0.1) is 0 Å². The largest absolute Gasteiger partial charge is 0.454 e. The molecule has 1 aromatic carbocycles. The standard InChI is InChI=1S/C23H26F3N3O6/c24-23(25,26)14-5-6-18(28-7-9-34-10-8-28)17(11-14)27-19(30)13-35-20(31)12-29-21(32)15-3-1-2-4-16(15)22(29)33/h5-6,11,15-16H,1-4,7-10,12-13H2,(H,27,30)/t15-,16-/m1/s1. The van der Waals surface area contributed by atoms with Gasteiger partial charge in [0, 0.05) is 13.1 Å². The summed E-state index contributed by atoms with van der Waals surface area (Å²) in [6.07, 6.45) is -1.71. The Balaban J connectivity index is 1.37. The Morgan fingerprint density at radius 1 is 1.06 bits per heavy atom. The number of morpholine rings is 1. The van der Waals surface area contributed by atoms with E-state index in [2.05, 4.69) is 5.32 Å². The average Bonchev–Trinajstić information content (AvgIpc) is 3.08. The summed E-state index contributed by atoms with van der Waals surface area (Å²) in [5.41, 5.74) is -0.622. The van der Waals surface area contributed by atoms with Crippen molar-refractivity contribution in [3.8, 4) is 0 Å². The Hall–Kier alpha value is -3.15. The maximum absolute atomic E-state index is 13.2. The van der Waals surface area contributed by atoms with E-state index in [1.54, 1.807) is 4.90 Å². The number of nitrogens with zero attached hydrogens (tertiary/aromatic N) is 2. The summed E-state index contributed by atoms with van der Waals surface area (Å²) < 4.78 is 49.9. The number of fused-ring (bicyclic) bond motifs is 1. The second-order valence-electron chi connectivity index (χ2n) is 8.80. The summed E-state index contributed by atoms with van der Waals surface area (Å²) in [5.74, 6) is -3.42. The van der Waals surface area contributed by atoms with Gasteiger partial charge < -0.3 is 19.7 Å². The molecule has 3 aliphatic rings. The van der Waals surface area contributed by atoms with E-state index in [4.69, 9.17) is 9.47 Å². The quantitative estimate of drug-likeness (QED) is 0.475. The number of rotatable bonds is 6. The zero-order valence-corrected chi connectivity index (χ0v) is 18.9. The molecular formula is C23H26F3N3O6. The molecule has 1 N–H and O–H groups in total. The third-order valence-corrected chi connectivity index (χ3v) is 6.53. The van der Waals surface area contributed by atoms with E-state index in [-0.39, 0.29) is 5.69 Å². The molecule has 0 radical (unpaired) electrons. The van der Waals surface area contributed by atoms with Crippen molar-refractivity contribution in [2.45, 2.75) is 31.9 Å². The number of carbonyl (C=O) groups is 4. The maximum Gasteiger partial charge on any atom is 0.416 e. The summed E-state index contributed by atoms with van der Waals surface area (Å²) in [4.78, 5) is 52.3. The van der Waals surface area contributed by atoms with Crippen molar-refractivity contribution in [2.24, 2.45) is 11.8 Å². The maximum atomic E-state index is 13.2. The number of nitrogens with one attached hydrogen (secondary N) is 1. The van der Waals surface area contributed by atoms with Gasteiger partial charge in [-0.3, -0.25) is 24.1 Å². The number of hydrogen-bond acceptors (Lipinski definition) is 7. The van der Waals surface area contributed by atoms with Gasteiger partial charge in [0.2, 0.25) is 11.8 Å². The molecule has 35 heavy (non-hydrogen) atoms. The normalized spacial score (nSPS) is 22.7. The van der Waals surface area contributed by atoms with E-state index in [0.717, 1.165) is 29.9 Å². The van der Waals surface area contributed by atoms with Crippen LogP contribution in [0.25, 0.3) is 0 Å². The van der Waals surface area contributed by atoms with Crippen molar-refractivity contribution in [1.82, 2.24) is 4.90 Å². The molecule has 1 aliphatic carbocycles. The van der Waals surface area contributed by atoms with Gasteiger partial charge >= 0.3 is 12.1 Å². The molecule has 1 saturated carbocycles. The van der Waals surface area contributed by atoms with Crippen molar-refractivity contribution in [3.63, 3.8) is 0 Å². The number of alkyl halides is 3. The lowest BCUT2D eigenvalue weighted by atomic mass is 9.81. The molecule has 12 heteroatoms. The summed E-state index contributed by atoms with van der Waals surface area (Å²) in [6.45, 7) is 0.275. The van der Waals surface area contributed by atoms with Gasteiger partial charge in [0.1, 0.15) is 6.54 Å². The number of likely N-dealkylation sites (tertiary alicyclic amines) is 1. The van der Waals surface area contributed by atoms with Crippen molar-refractivity contribution in [3.05, 3.63) is 23.8 Å². The molecule has 4 rings (SSSR count). The SMILES string of the molecule is O=C(COC(=O)CN1C(=O)[C@@H]2CCCC[C@H]2C1=O)Nc1cc(C(F)(F)F)ccc1N1CCOCC1. The molecule has 0 bridgehead atoms. The van der Waals surface area contributed by atoms with Gasteiger partial charge in [-0.25, -0.2) is 0 Å². The highest BCUT2D eigenvalue weighted by atomic mass is 19.4. The van der Waals surface area contributed by atoms with E-state index in [0.29, 0.717) is 44.8 Å². The lowest BCUT2D eigenvalue weighted by Gasteiger charge is -2.31. The molecule has 3 fully saturated rings. The molecule has 9 nitrogen and oxygen atoms in total. The Morgan fingerprint density at radius 2 is 1.69 bits per heavy atom. The van der Waals surface area contributed by atoms with E-state index >= 15 is 0 Å².